The van der Waals surface area contributed by atoms with Gasteiger partial charge in [0.1, 0.15) is 5.16 Å². The summed E-state index contributed by atoms with van der Waals surface area (Å²) >= 11 is 6.21. The van der Waals surface area contributed by atoms with Crippen molar-refractivity contribution in [1.82, 2.24) is 15.6 Å². The first-order chi connectivity index (χ1) is 11.8. The van der Waals surface area contributed by atoms with Crippen LogP contribution in [0.5, 0.6) is 5.88 Å². The molecule has 2 heterocycles. The predicted octanol–water partition coefficient (Wildman–Crippen LogP) is 3.54. The highest BCUT2D eigenvalue weighted by molar-refractivity contribution is 6.31. The molecule has 6 heteroatoms. The fourth-order valence-corrected chi connectivity index (χ4v) is 2.55. The minimum atomic E-state index is 0.0607. The van der Waals surface area contributed by atoms with Crippen LogP contribution in [-0.2, 0) is 6.54 Å². The molecule has 2 N–H and O–H groups in total. The van der Waals surface area contributed by atoms with Crippen molar-refractivity contribution in [3.63, 3.8) is 0 Å². The van der Waals surface area contributed by atoms with Crippen LogP contribution in [0.2, 0.25) is 0 Å². The molecule has 0 aromatic carbocycles. The molecule has 0 amide bonds. The summed E-state index contributed by atoms with van der Waals surface area (Å²) in [5.41, 5.74) is 3.08. The van der Waals surface area contributed by atoms with Gasteiger partial charge in [-0.2, -0.15) is 0 Å². The number of dihydropyridines is 1. The predicted molar refractivity (Wildman–Crippen MR) is 104 cm³/mol. The number of nitrogens with one attached hydrogen (secondary N) is 2. The molecule has 1 aromatic heterocycles. The standard InChI is InChI=1S/C19H27ClN4O/c1-13-8-14(10-24-18(13)25-12-19(2,3)4)9-22-11-15-16(21-5)6-7-23-17(15)20/h6-8,10-11,16,21,23H,9,12H2,1-5H3. The summed E-state index contributed by atoms with van der Waals surface area (Å²) in [5, 5.41) is 6.77. The third-order valence-corrected chi connectivity index (χ3v) is 3.96. The Balaban J connectivity index is 2.00. The first kappa shape index (κ1) is 19.5. The molecule has 0 bridgehead atoms. The van der Waals surface area contributed by atoms with Gasteiger partial charge in [-0.1, -0.05) is 32.4 Å². The maximum absolute atomic E-state index is 6.21. The number of hydrogen-bond acceptors (Lipinski definition) is 5. The largest absolute Gasteiger partial charge is 0.477 e. The number of pyridine rings is 1. The lowest BCUT2D eigenvalue weighted by Gasteiger charge is -2.19. The van der Waals surface area contributed by atoms with E-state index < -0.39 is 0 Å². The van der Waals surface area contributed by atoms with Gasteiger partial charge in [-0.25, -0.2) is 4.98 Å². The first-order valence-electron chi connectivity index (χ1n) is 8.38. The Morgan fingerprint density at radius 3 is 2.84 bits per heavy atom. The van der Waals surface area contributed by atoms with Crippen LogP contribution in [0.3, 0.4) is 0 Å². The van der Waals surface area contributed by atoms with Crippen LogP contribution < -0.4 is 15.4 Å². The molecule has 2 rings (SSSR count). The number of ether oxygens (including phenoxy) is 1. The highest BCUT2D eigenvalue weighted by Gasteiger charge is 2.15. The van der Waals surface area contributed by atoms with Crippen LogP contribution in [0, 0.1) is 12.3 Å². The van der Waals surface area contributed by atoms with Crippen molar-refractivity contribution in [3.8, 4) is 5.88 Å². The van der Waals surface area contributed by atoms with E-state index in [-0.39, 0.29) is 11.5 Å². The number of halogens is 1. The second-order valence-electron chi connectivity index (χ2n) is 7.32. The minimum absolute atomic E-state index is 0.0607. The summed E-state index contributed by atoms with van der Waals surface area (Å²) in [6.07, 6.45) is 7.44. The van der Waals surface area contributed by atoms with Crippen LogP contribution in [0.15, 0.2) is 40.3 Å². The molecule has 5 nitrogen and oxygen atoms in total. The summed E-state index contributed by atoms with van der Waals surface area (Å²) in [5.74, 6) is 0.685. The monoisotopic (exact) mass is 362 g/mol. The molecule has 0 fully saturated rings. The number of aromatic nitrogens is 1. The van der Waals surface area contributed by atoms with Crippen molar-refractivity contribution in [2.24, 2.45) is 10.4 Å². The van der Waals surface area contributed by atoms with Crippen LogP contribution in [0.25, 0.3) is 0 Å². The van der Waals surface area contributed by atoms with Gasteiger partial charge in [-0.05, 0) is 43.3 Å². The molecule has 1 aromatic rings. The van der Waals surface area contributed by atoms with Crippen LogP contribution >= 0.6 is 11.6 Å². The molecular weight excluding hydrogens is 336 g/mol. The Labute approximate surface area is 155 Å². The summed E-state index contributed by atoms with van der Waals surface area (Å²) in [7, 11) is 1.89. The average molecular weight is 363 g/mol. The number of aliphatic imine (C=N–C) groups is 1. The molecule has 1 atom stereocenters. The van der Waals surface area contributed by atoms with Gasteiger partial charge in [0.2, 0.25) is 5.88 Å². The fourth-order valence-electron chi connectivity index (χ4n) is 2.32. The van der Waals surface area contributed by atoms with Gasteiger partial charge in [-0.15, -0.1) is 0 Å². The lowest BCUT2D eigenvalue weighted by molar-refractivity contribution is 0.190. The van der Waals surface area contributed by atoms with E-state index >= 15 is 0 Å². The van der Waals surface area contributed by atoms with Gasteiger partial charge in [-0.3, -0.25) is 4.99 Å². The maximum Gasteiger partial charge on any atom is 0.216 e. The number of hydrogen-bond donors (Lipinski definition) is 2. The maximum atomic E-state index is 6.21. The van der Waals surface area contributed by atoms with Crippen LogP contribution in [0.4, 0.5) is 0 Å². The Hall–Kier alpha value is -1.85. The molecule has 1 aliphatic heterocycles. The SMILES string of the molecule is CNC1C=CNC(Cl)=C1C=NCc1cnc(OCC(C)(C)C)c(C)c1. The molecule has 0 spiro atoms. The molecule has 1 unspecified atom stereocenters. The Bertz CT molecular complexity index is 689. The van der Waals surface area contributed by atoms with Crippen molar-refractivity contribution >= 4 is 17.8 Å². The summed E-state index contributed by atoms with van der Waals surface area (Å²) in [6, 6.07) is 2.12. The normalized spacial score (nSPS) is 17.9. The van der Waals surface area contributed by atoms with E-state index in [0.29, 0.717) is 24.2 Å². The average Bonchev–Trinajstić information content (AvgIpc) is 2.54. The molecule has 0 radical (unpaired) electrons. The number of nitrogens with zero attached hydrogens (tertiary/aromatic N) is 2. The fraction of sp³-hybridized carbons (Fsp3) is 0.474. The Kier molecular flexibility index (Phi) is 6.62. The molecule has 1 aliphatic rings. The van der Waals surface area contributed by atoms with Crippen molar-refractivity contribution in [2.45, 2.75) is 40.3 Å². The second kappa shape index (κ2) is 8.50. The lowest BCUT2D eigenvalue weighted by atomic mass is 9.99. The molecule has 0 saturated heterocycles. The zero-order valence-electron chi connectivity index (χ0n) is 15.6. The van der Waals surface area contributed by atoms with Gasteiger partial charge in [0.15, 0.2) is 0 Å². The second-order valence-corrected chi connectivity index (χ2v) is 7.70. The van der Waals surface area contributed by atoms with Crippen LogP contribution in [-0.4, -0.2) is 30.9 Å². The summed E-state index contributed by atoms with van der Waals surface area (Å²) in [4.78, 5) is 8.93. The van der Waals surface area contributed by atoms with E-state index in [0.717, 1.165) is 16.7 Å². The van der Waals surface area contributed by atoms with Gasteiger partial charge in [0.05, 0.1) is 19.2 Å². The third-order valence-electron chi connectivity index (χ3n) is 3.63. The van der Waals surface area contributed by atoms with Crippen molar-refractivity contribution < 1.29 is 4.74 Å². The summed E-state index contributed by atoms with van der Waals surface area (Å²) < 4.78 is 5.80. The van der Waals surface area contributed by atoms with Gasteiger partial charge in [0, 0.05) is 23.5 Å². The highest BCUT2D eigenvalue weighted by Crippen LogP contribution is 2.20. The molecule has 0 aliphatic carbocycles. The molecular formula is C19H27ClN4O. The molecule has 25 heavy (non-hydrogen) atoms. The molecule has 136 valence electrons. The summed E-state index contributed by atoms with van der Waals surface area (Å²) in [6.45, 7) is 9.60. The van der Waals surface area contributed by atoms with Crippen molar-refractivity contribution in [1.29, 1.82) is 0 Å². The van der Waals surface area contributed by atoms with Gasteiger partial charge < -0.3 is 15.4 Å². The van der Waals surface area contributed by atoms with Crippen molar-refractivity contribution in [3.05, 3.63) is 46.4 Å². The topological polar surface area (TPSA) is 58.5 Å². The van der Waals surface area contributed by atoms with E-state index in [1.165, 1.54) is 0 Å². The Morgan fingerprint density at radius 2 is 2.20 bits per heavy atom. The Morgan fingerprint density at radius 1 is 1.44 bits per heavy atom. The van der Waals surface area contributed by atoms with Crippen LogP contribution in [0.1, 0.15) is 31.9 Å². The zero-order valence-corrected chi connectivity index (χ0v) is 16.3. The van der Waals surface area contributed by atoms with Crippen molar-refractivity contribution in [2.75, 3.05) is 13.7 Å². The van der Waals surface area contributed by atoms with E-state index in [1.807, 2.05) is 32.4 Å². The number of likely N-dealkylation sites (N-methyl/N-ethyl adjacent to an activating group) is 1. The first-order valence-corrected chi connectivity index (χ1v) is 8.76. The van der Waals surface area contributed by atoms with E-state index in [9.17, 15) is 0 Å². The van der Waals surface area contributed by atoms with E-state index in [1.54, 1.807) is 6.21 Å². The quantitative estimate of drug-likeness (QED) is 0.600. The zero-order chi connectivity index (χ0) is 18.4. The number of aryl methyl sites for hydroxylation is 1. The smallest absolute Gasteiger partial charge is 0.216 e. The minimum Gasteiger partial charge on any atom is -0.477 e. The van der Waals surface area contributed by atoms with E-state index in [4.69, 9.17) is 16.3 Å². The van der Waals surface area contributed by atoms with Gasteiger partial charge >= 0.3 is 0 Å². The lowest BCUT2D eigenvalue weighted by Crippen LogP contribution is -2.31. The number of rotatable bonds is 6. The van der Waals surface area contributed by atoms with E-state index in [2.05, 4.69) is 47.4 Å². The third kappa shape index (κ3) is 5.87. The highest BCUT2D eigenvalue weighted by atomic mass is 35.5. The molecule has 0 saturated carbocycles. The van der Waals surface area contributed by atoms with Gasteiger partial charge in [0.25, 0.3) is 0 Å².